The number of carbonyl (C=O) groups is 2. The van der Waals surface area contributed by atoms with E-state index in [9.17, 15) is 26.4 Å². The van der Waals surface area contributed by atoms with E-state index < -0.39 is 22.2 Å². The maximum absolute atomic E-state index is 13.4. The molecule has 0 spiro atoms. The number of fused-ring (bicyclic) bond motifs is 1. The zero-order valence-electron chi connectivity index (χ0n) is 21.5. The van der Waals surface area contributed by atoms with E-state index in [2.05, 4.69) is 23.7 Å². The first-order chi connectivity index (χ1) is 17.2. The van der Waals surface area contributed by atoms with E-state index in [1.54, 1.807) is 0 Å². The molecule has 0 atom stereocenters. The number of nitrogens with zero attached hydrogens (tertiary/aromatic N) is 5. The number of amides is 1. The zero-order valence-corrected chi connectivity index (χ0v) is 22.3. The lowest BCUT2D eigenvalue weighted by Gasteiger charge is -2.40. The van der Waals surface area contributed by atoms with Gasteiger partial charge in [-0.3, -0.25) is 4.79 Å². The van der Waals surface area contributed by atoms with E-state index in [-0.39, 0.29) is 18.5 Å². The monoisotopic (exact) mass is 551 g/mol. The fraction of sp³-hybridized carbons (Fsp3) is 0.783. The smallest absolute Gasteiger partial charge is 0.475 e. The number of aliphatic carboxylic acids is 1. The second-order valence-corrected chi connectivity index (χ2v) is 12.0. The van der Waals surface area contributed by atoms with Crippen LogP contribution >= 0.6 is 0 Å². The molecule has 2 fully saturated rings. The number of aromatic nitrogens is 2. The highest BCUT2D eigenvalue weighted by atomic mass is 32.2. The largest absolute Gasteiger partial charge is 0.490 e. The van der Waals surface area contributed by atoms with Crippen molar-refractivity contribution >= 4 is 21.9 Å². The number of sulfonamides is 1. The Morgan fingerprint density at radius 2 is 1.59 bits per heavy atom. The van der Waals surface area contributed by atoms with E-state index in [0.29, 0.717) is 24.8 Å². The van der Waals surface area contributed by atoms with Gasteiger partial charge in [-0.2, -0.15) is 17.5 Å². The fourth-order valence-corrected chi connectivity index (χ4v) is 6.01. The molecule has 1 amide bonds. The van der Waals surface area contributed by atoms with Crippen LogP contribution in [0.5, 0.6) is 0 Å². The Morgan fingerprint density at radius 1 is 1.03 bits per heavy atom. The molecule has 4 heterocycles. The number of halogens is 3. The van der Waals surface area contributed by atoms with Gasteiger partial charge in [0.15, 0.2) is 5.82 Å². The lowest BCUT2D eigenvalue weighted by molar-refractivity contribution is -0.192. The molecule has 4 rings (SSSR count). The molecular weight excluding hydrogens is 515 g/mol. The van der Waals surface area contributed by atoms with Gasteiger partial charge >= 0.3 is 12.1 Å². The predicted octanol–water partition coefficient (Wildman–Crippen LogP) is 2.51. The van der Waals surface area contributed by atoms with Crippen molar-refractivity contribution in [3.05, 3.63) is 17.2 Å². The van der Waals surface area contributed by atoms with Gasteiger partial charge in [0.05, 0.1) is 18.5 Å². The Morgan fingerprint density at radius 3 is 2.08 bits per heavy atom. The first kappa shape index (κ1) is 29.4. The molecule has 0 bridgehead atoms. The van der Waals surface area contributed by atoms with Gasteiger partial charge in [-0.05, 0) is 52.6 Å². The summed E-state index contributed by atoms with van der Waals surface area (Å²) in [5, 5.41) is 7.12. The van der Waals surface area contributed by atoms with Crippen LogP contribution in [0.15, 0.2) is 0 Å². The number of alkyl halides is 3. The van der Waals surface area contributed by atoms with Gasteiger partial charge in [0, 0.05) is 43.8 Å². The van der Waals surface area contributed by atoms with Gasteiger partial charge in [0.2, 0.25) is 10.0 Å². The van der Waals surface area contributed by atoms with Crippen LogP contribution < -0.4 is 0 Å². The van der Waals surface area contributed by atoms with Crippen LogP contribution in [-0.2, 0) is 27.8 Å². The molecule has 2 saturated heterocycles. The molecule has 14 heteroatoms. The molecule has 3 aliphatic rings. The molecule has 1 N–H and O–H groups in total. The molecule has 1 aromatic heterocycles. The van der Waals surface area contributed by atoms with Crippen molar-refractivity contribution in [1.29, 1.82) is 0 Å². The third-order valence-corrected chi connectivity index (χ3v) is 8.34. The topological polar surface area (TPSA) is 116 Å². The molecule has 3 aliphatic heterocycles. The van der Waals surface area contributed by atoms with E-state index in [1.165, 1.54) is 42.9 Å². The van der Waals surface area contributed by atoms with Crippen molar-refractivity contribution in [2.24, 2.45) is 0 Å². The molecule has 0 aromatic carbocycles. The summed E-state index contributed by atoms with van der Waals surface area (Å²) in [6.07, 6.45) is 2.72. The van der Waals surface area contributed by atoms with Crippen molar-refractivity contribution in [3.8, 4) is 0 Å². The van der Waals surface area contributed by atoms with Gasteiger partial charge in [-0.25, -0.2) is 18.2 Å². The summed E-state index contributed by atoms with van der Waals surface area (Å²) in [6, 6.07) is 0.701. The number of carbonyl (C=O) groups excluding carboxylic acids is 1. The molecule has 1 aromatic rings. The first-order valence-corrected chi connectivity index (χ1v) is 14.4. The summed E-state index contributed by atoms with van der Waals surface area (Å²) in [5.74, 6) is -2.30. The number of likely N-dealkylation sites (tertiary alicyclic amines) is 2. The highest BCUT2D eigenvalue weighted by Gasteiger charge is 2.38. The molecule has 0 unspecified atom stereocenters. The highest BCUT2D eigenvalue weighted by molar-refractivity contribution is 7.88. The Bertz CT molecular complexity index is 1080. The highest BCUT2D eigenvalue weighted by Crippen LogP contribution is 2.27. The molecule has 0 radical (unpaired) electrons. The summed E-state index contributed by atoms with van der Waals surface area (Å²) < 4.78 is 59.2. The zero-order chi connectivity index (χ0) is 27.5. The Hall–Kier alpha value is -2.19. The van der Waals surface area contributed by atoms with Crippen molar-refractivity contribution in [2.75, 3.05) is 39.0 Å². The van der Waals surface area contributed by atoms with Crippen LogP contribution in [0.25, 0.3) is 0 Å². The van der Waals surface area contributed by atoms with Crippen molar-refractivity contribution in [1.82, 2.24) is 23.7 Å². The normalized spacial score (nSPS) is 20.4. The van der Waals surface area contributed by atoms with E-state index in [4.69, 9.17) is 9.90 Å². The second kappa shape index (κ2) is 11.7. The summed E-state index contributed by atoms with van der Waals surface area (Å²) in [5.41, 5.74) is 1.74. The maximum atomic E-state index is 13.4. The van der Waals surface area contributed by atoms with Crippen LogP contribution in [-0.4, -0.2) is 100 Å². The Labute approximate surface area is 215 Å². The van der Waals surface area contributed by atoms with Crippen LogP contribution in [0, 0.1) is 0 Å². The number of hydrogen-bond acceptors (Lipinski definition) is 6. The average Bonchev–Trinajstić information content (AvgIpc) is 3.23. The minimum absolute atomic E-state index is 0.0129. The van der Waals surface area contributed by atoms with Crippen LogP contribution in [0.2, 0.25) is 0 Å². The third-order valence-electron chi connectivity index (χ3n) is 7.10. The van der Waals surface area contributed by atoms with E-state index >= 15 is 0 Å². The first-order valence-electron chi connectivity index (χ1n) is 12.6. The average molecular weight is 552 g/mol. The second-order valence-electron chi connectivity index (χ2n) is 10.1. The third kappa shape index (κ3) is 7.23. The summed E-state index contributed by atoms with van der Waals surface area (Å²) in [4.78, 5) is 31.5. The van der Waals surface area contributed by atoms with Crippen molar-refractivity contribution in [2.45, 2.75) is 77.2 Å². The molecule has 0 saturated carbocycles. The number of carboxylic acids is 1. The number of hydrogen-bond donors (Lipinski definition) is 1. The summed E-state index contributed by atoms with van der Waals surface area (Å²) in [7, 11) is -3.27. The standard InChI is InChI=1S/C21H35N5O3S.C2HF3O2/c1-16(2)26-19-9-14-25(30(3,28)29)15-18(19)22-20(26)21(27)24-12-7-17(8-13-24)23-10-5-4-6-11-23;3-2(4,5)1(6)7/h16-17H,4-15H2,1-3H3;(H,6,7). The van der Waals surface area contributed by atoms with E-state index in [0.717, 1.165) is 37.3 Å². The Kier molecular flexibility index (Phi) is 9.27. The molecule has 10 nitrogen and oxygen atoms in total. The van der Waals surface area contributed by atoms with Gasteiger partial charge in [0.25, 0.3) is 5.91 Å². The molecule has 210 valence electrons. The van der Waals surface area contributed by atoms with Gasteiger partial charge in [0.1, 0.15) is 0 Å². The fourth-order valence-electron chi connectivity index (χ4n) is 5.23. The predicted molar refractivity (Wildman–Crippen MR) is 130 cm³/mol. The van der Waals surface area contributed by atoms with Crippen LogP contribution in [0.1, 0.15) is 74.0 Å². The summed E-state index contributed by atoms with van der Waals surface area (Å²) >= 11 is 0. The van der Waals surface area contributed by atoms with E-state index in [1.807, 2.05) is 9.47 Å². The van der Waals surface area contributed by atoms with Crippen LogP contribution in [0.3, 0.4) is 0 Å². The van der Waals surface area contributed by atoms with Crippen molar-refractivity contribution < 1.29 is 36.3 Å². The lowest BCUT2D eigenvalue weighted by atomic mass is 10.00. The molecular formula is C23H36F3N5O5S. The number of carboxylic acid groups (broad SMARTS) is 1. The maximum Gasteiger partial charge on any atom is 0.490 e. The number of rotatable bonds is 4. The number of imidazole rings is 1. The molecule has 37 heavy (non-hydrogen) atoms. The Balaban J connectivity index is 0.000000479. The molecule has 0 aliphatic carbocycles. The minimum atomic E-state index is -5.08. The minimum Gasteiger partial charge on any atom is -0.475 e. The SMILES string of the molecule is CC(C)n1c(C(=O)N2CCC(N3CCCCC3)CC2)nc2c1CCN(S(C)(=O)=O)C2.O=C(O)C(F)(F)F. The quantitative estimate of drug-likeness (QED) is 0.611. The van der Waals surface area contributed by atoms with Gasteiger partial charge in [-0.1, -0.05) is 6.42 Å². The van der Waals surface area contributed by atoms with Gasteiger partial charge in [-0.15, -0.1) is 0 Å². The van der Waals surface area contributed by atoms with Gasteiger partial charge < -0.3 is 19.5 Å². The van der Waals surface area contributed by atoms with Crippen molar-refractivity contribution in [3.63, 3.8) is 0 Å². The lowest BCUT2D eigenvalue weighted by Crippen LogP contribution is -2.48. The summed E-state index contributed by atoms with van der Waals surface area (Å²) in [6.45, 7) is 8.74. The van der Waals surface area contributed by atoms with Crippen LogP contribution in [0.4, 0.5) is 13.2 Å². The number of piperidine rings is 2.